The molecule has 0 saturated carbocycles. The van der Waals surface area contributed by atoms with Crippen molar-refractivity contribution in [1.82, 2.24) is 4.98 Å². The van der Waals surface area contributed by atoms with Gasteiger partial charge in [0.1, 0.15) is 12.4 Å². The van der Waals surface area contributed by atoms with Gasteiger partial charge in [-0.15, -0.1) is 0 Å². The minimum atomic E-state index is -1.08. The Kier molecular flexibility index (Phi) is 10.3. The van der Waals surface area contributed by atoms with Crippen LogP contribution in [0.2, 0.25) is 10.0 Å². The number of nitrogens with zero attached hydrogens (tertiary/aromatic N) is 1. The monoisotopic (exact) mass is 476 g/mol. The third-order valence-corrected chi connectivity index (χ3v) is 4.76. The number of carboxylic acid groups (broad SMARTS) is 1. The van der Waals surface area contributed by atoms with E-state index in [1.807, 2.05) is 60.7 Å². The van der Waals surface area contributed by atoms with Crippen molar-refractivity contribution in [2.24, 2.45) is 0 Å². The molecule has 0 fully saturated rings. The third kappa shape index (κ3) is 7.69. The molecule has 1 N–H and O–H groups in total. The van der Waals surface area contributed by atoms with Crippen LogP contribution in [0.25, 0.3) is 10.9 Å². The van der Waals surface area contributed by atoms with Crippen LogP contribution in [0, 0.1) is 0 Å². The van der Waals surface area contributed by atoms with Crippen LogP contribution in [0.3, 0.4) is 0 Å². The summed E-state index contributed by atoms with van der Waals surface area (Å²) in [4.78, 5) is 13.5. The molecule has 5 nitrogen and oxygen atoms in total. The molecule has 32 heavy (non-hydrogen) atoms. The molecule has 8 heteroatoms. The van der Waals surface area contributed by atoms with Crippen LogP contribution < -0.4 is 44.7 Å². The second-order valence-electron chi connectivity index (χ2n) is 6.52. The van der Waals surface area contributed by atoms with Gasteiger partial charge in [0, 0.05) is 17.0 Å². The van der Waals surface area contributed by atoms with Gasteiger partial charge in [0.15, 0.2) is 0 Å². The smallest absolute Gasteiger partial charge is 0.550 e. The van der Waals surface area contributed by atoms with Crippen LogP contribution in [0.4, 0.5) is 11.4 Å². The number of anilines is 2. The van der Waals surface area contributed by atoms with Crippen LogP contribution >= 0.6 is 23.2 Å². The minimum Gasteiger partial charge on any atom is -0.550 e. The summed E-state index contributed by atoms with van der Waals surface area (Å²) < 4.78 is 5.85. The zero-order valence-electron chi connectivity index (χ0n) is 17.6. The molecule has 0 spiro atoms. The van der Waals surface area contributed by atoms with Crippen LogP contribution in [0.1, 0.15) is 12.6 Å². The van der Waals surface area contributed by atoms with Gasteiger partial charge in [-0.05, 0) is 55.5 Å². The van der Waals surface area contributed by atoms with E-state index < -0.39 is 5.97 Å². The molecule has 0 unspecified atom stereocenters. The van der Waals surface area contributed by atoms with Crippen molar-refractivity contribution in [3.63, 3.8) is 0 Å². The van der Waals surface area contributed by atoms with E-state index in [0.717, 1.165) is 35.0 Å². The van der Waals surface area contributed by atoms with E-state index in [1.165, 1.54) is 0 Å². The SMILES string of the molecule is CC(=O)[O-].Clc1cccc(Cl)c1Nc1ccc(OCc2ccc3ccccc3n2)cc1.[Na+]. The van der Waals surface area contributed by atoms with E-state index in [-0.39, 0.29) is 29.6 Å². The van der Waals surface area contributed by atoms with Gasteiger partial charge in [0.05, 0.1) is 26.9 Å². The second-order valence-corrected chi connectivity index (χ2v) is 7.34. The van der Waals surface area contributed by atoms with Crippen molar-refractivity contribution in [3.8, 4) is 5.75 Å². The number of aromatic nitrogens is 1. The normalized spacial score (nSPS) is 9.84. The first kappa shape index (κ1) is 26.0. The Morgan fingerprint density at radius 2 is 1.56 bits per heavy atom. The van der Waals surface area contributed by atoms with Gasteiger partial charge in [-0.1, -0.05) is 53.5 Å². The maximum absolute atomic E-state index is 8.89. The number of halogens is 2. The van der Waals surface area contributed by atoms with E-state index in [1.54, 1.807) is 12.1 Å². The quantitative estimate of drug-likeness (QED) is 0.448. The average Bonchev–Trinajstić information content (AvgIpc) is 2.75. The zero-order chi connectivity index (χ0) is 22.2. The molecular formula is C24H19Cl2N2NaO3. The van der Waals surface area contributed by atoms with Gasteiger partial charge >= 0.3 is 29.6 Å². The van der Waals surface area contributed by atoms with E-state index in [0.29, 0.717) is 22.3 Å². The molecule has 0 aliphatic carbocycles. The van der Waals surface area contributed by atoms with Crippen LogP contribution in [-0.2, 0) is 11.4 Å². The van der Waals surface area contributed by atoms with Crippen molar-refractivity contribution in [3.05, 3.63) is 94.6 Å². The molecule has 0 amide bonds. The first-order valence-electron chi connectivity index (χ1n) is 9.38. The Bertz CT molecular complexity index is 1160. The maximum Gasteiger partial charge on any atom is 1.00 e. The molecule has 1 aromatic heterocycles. The largest absolute Gasteiger partial charge is 1.00 e. The number of carbonyl (C=O) groups is 1. The first-order valence-corrected chi connectivity index (χ1v) is 10.1. The van der Waals surface area contributed by atoms with Crippen LogP contribution in [-0.4, -0.2) is 11.0 Å². The molecule has 0 aliphatic heterocycles. The van der Waals surface area contributed by atoms with Gasteiger partial charge in [0.2, 0.25) is 0 Å². The van der Waals surface area contributed by atoms with Gasteiger partial charge < -0.3 is 20.0 Å². The Hall–Kier alpha value is -2.28. The Morgan fingerprint density at radius 3 is 2.22 bits per heavy atom. The van der Waals surface area contributed by atoms with E-state index in [4.69, 9.17) is 37.8 Å². The van der Waals surface area contributed by atoms with Crippen LogP contribution in [0.5, 0.6) is 5.75 Å². The summed E-state index contributed by atoms with van der Waals surface area (Å²) in [6.07, 6.45) is 0. The molecule has 0 atom stereocenters. The number of hydrogen-bond donors (Lipinski definition) is 1. The van der Waals surface area contributed by atoms with Crippen molar-refractivity contribution >= 4 is 51.4 Å². The molecule has 1 heterocycles. The number of aliphatic carboxylic acids is 1. The van der Waals surface area contributed by atoms with Crippen molar-refractivity contribution in [1.29, 1.82) is 0 Å². The number of carbonyl (C=O) groups excluding carboxylic acids is 1. The standard InChI is InChI=1S/C22H16Cl2N2O.C2H4O2.Na/c23-19-5-3-6-20(24)22(19)26-16-10-12-18(13-11-16)27-14-17-9-8-15-4-1-2-7-21(15)25-17;1-2(3)4;/h1-13,26H,14H2;1H3,(H,3,4);/q;;+1/p-1. The molecule has 0 saturated heterocycles. The Morgan fingerprint density at radius 1 is 0.938 bits per heavy atom. The number of para-hydroxylation sites is 2. The third-order valence-electron chi connectivity index (χ3n) is 4.13. The number of rotatable bonds is 5. The number of hydrogen-bond acceptors (Lipinski definition) is 5. The molecule has 158 valence electrons. The summed E-state index contributed by atoms with van der Waals surface area (Å²) in [5.74, 6) is -0.319. The minimum absolute atomic E-state index is 0. The molecule has 4 aromatic rings. The molecule has 0 bridgehead atoms. The van der Waals surface area contributed by atoms with Crippen molar-refractivity contribution in [2.45, 2.75) is 13.5 Å². The molecular weight excluding hydrogens is 458 g/mol. The van der Waals surface area contributed by atoms with E-state index >= 15 is 0 Å². The number of pyridine rings is 1. The number of fused-ring (bicyclic) bond motifs is 1. The zero-order valence-corrected chi connectivity index (χ0v) is 21.2. The number of benzene rings is 3. The summed E-state index contributed by atoms with van der Waals surface area (Å²) >= 11 is 12.4. The van der Waals surface area contributed by atoms with Gasteiger partial charge in [-0.25, -0.2) is 4.98 Å². The van der Waals surface area contributed by atoms with Gasteiger partial charge in [0.25, 0.3) is 0 Å². The predicted octanol–water partition coefficient (Wildman–Crippen LogP) is 2.62. The fourth-order valence-corrected chi connectivity index (χ4v) is 3.23. The fraction of sp³-hybridized carbons (Fsp3) is 0.0833. The van der Waals surface area contributed by atoms with Crippen molar-refractivity contribution in [2.75, 3.05) is 5.32 Å². The van der Waals surface area contributed by atoms with Crippen molar-refractivity contribution < 1.29 is 44.2 Å². The Labute approximate surface area is 218 Å². The molecule has 3 aromatic carbocycles. The van der Waals surface area contributed by atoms with Crippen LogP contribution in [0.15, 0.2) is 78.9 Å². The fourth-order valence-electron chi connectivity index (χ4n) is 2.74. The van der Waals surface area contributed by atoms with Gasteiger partial charge in [-0.2, -0.15) is 0 Å². The first-order chi connectivity index (χ1) is 14.9. The topological polar surface area (TPSA) is 74.3 Å². The summed E-state index contributed by atoms with van der Waals surface area (Å²) in [7, 11) is 0. The van der Waals surface area contributed by atoms with E-state index in [2.05, 4.69) is 16.4 Å². The summed E-state index contributed by atoms with van der Waals surface area (Å²) in [6.45, 7) is 1.38. The number of carboxylic acids is 1. The maximum atomic E-state index is 8.89. The molecule has 0 aliphatic rings. The van der Waals surface area contributed by atoms with E-state index in [9.17, 15) is 0 Å². The second kappa shape index (κ2) is 12.7. The Balaban J connectivity index is 0.000000672. The summed E-state index contributed by atoms with van der Waals surface area (Å²) in [6, 6.07) is 25.1. The van der Waals surface area contributed by atoms with Gasteiger partial charge in [-0.3, -0.25) is 0 Å². The summed E-state index contributed by atoms with van der Waals surface area (Å²) in [5.41, 5.74) is 3.42. The number of ether oxygens (including phenoxy) is 1. The summed E-state index contributed by atoms with van der Waals surface area (Å²) in [5, 5.41) is 14.4. The predicted molar refractivity (Wildman–Crippen MR) is 123 cm³/mol. The molecule has 0 radical (unpaired) electrons. The number of nitrogens with one attached hydrogen (secondary N) is 1. The average molecular weight is 477 g/mol. The molecule has 4 rings (SSSR count).